The van der Waals surface area contributed by atoms with Crippen LogP contribution in [0.2, 0.25) is 0 Å². The standard InChI is InChI=1S/C67H122IN8O39P/c1-44(80)73-55-61(91)58(88)47(38-77)112-64(55)108-34-30-99-19-10-70-51(84)5-15-105-41-67(42-106-16-6-52(85)71-11-20-100-31-35-109-65-56(74-45(2)81)62(92)59(89)48(39-78)113-65,43-107-17-7-53(86)72-12-21-101-32-36-110-66-57(75-46(3)82)63(93)60(90)49(40-79)114-66)76-54(87)8-14-97-22-24-98-18-9-69-50(83)4-13-96-23-25-102-26-27-103-28-29-104-33-37-111-116(94,95)115-68/h47-49,55-66,77-79,88-93H,4-43H2,1-3H3,(H,69,83)(H,70,84)(H,71,85)(H,72,86)(H,73,80)(H,74,81)(H,75,82)(H,76,87)(H,94,95)/t47-,48-,49-,55-,56-,57-,58+,59+,60+,61-,62-,63-,64-,65-,66-/m1/s1. The highest BCUT2D eigenvalue weighted by Gasteiger charge is 2.48. The normalized spacial score (nSPS) is 24.0. The number of aliphatic hydroxyl groups excluding tert-OH is 9. The largest absolute Gasteiger partial charge is 0.481 e. The summed E-state index contributed by atoms with van der Waals surface area (Å²) in [5.74, 6) is -3.84. The minimum atomic E-state index is -4.06. The van der Waals surface area contributed by atoms with Crippen LogP contribution < -0.4 is 42.5 Å². The van der Waals surface area contributed by atoms with Crippen molar-refractivity contribution in [3.63, 3.8) is 0 Å². The molecule has 0 radical (unpaired) electrons. The number of aliphatic hydroxyl groups is 9. The van der Waals surface area contributed by atoms with E-state index in [9.17, 15) is 88.9 Å². The first-order chi connectivity index (χ1) is 55.7. The number of hydrogen-bond donors (Lipinski definition) is 18. The van der Waals surface area contributed by atoms with Gasteiger partial charge in [0.1, 0.15) is 102 Å². The Kier molecular flexibility index (Phi) is 57.8. The zero-order valence-corrected chi connectivity index (χ0v) is 68.6. The Hall–Kier alpha value is -4.48. The summed E-state index contributed by atoms with van der Waals surface area (Å²) in [7, 11) is -4.06. The van der Waals surface area contributed by atoms with Crippen LogP contribution in [0.25, 0.3) is 0 Å². The van der Waals surface area contributed by atoms with E-state index in [4.69, 9.17) is 90.2 Å². The molecule has 0 aromatic carbocycles. The number of ether oxygens (including phenoxy) is 18. The van der Waals surface area contributed by atoms with E-state index in [0.29, 0.717) is 13.2 Å². The van der Waals surface area contributed by atoms with Gasteiger partial charge in [-0.15, -0.1) is 0 Å². The maximum absolute atomic E-state index is 13.9. The maximum Gasteiger partial charge on any atom is 0.481 e. The topological polar surface area (TPSA) is 637 Å². The summed E-state index contributed by atoms with van der Waals surface area (Å²) in [4.78, 5) is 110. The number of carbonyl (C=O) groups excluding carboxylic acids is 8. The maximum atomic E-state index is 13.9. The molecule has 8 amide bonds. The highest BCUT2D eigenvalue weighted by atomic mass is 127. The number of carbonyl (C=O) groups is 8. The van der Waals surface area contributed by atoms with E-state index in [1.165, 1.54) is 43.8 Å². The number of amides is 8. The van der Waals surface area contributed by atoms with Gasteiger partial charge in [0, 0.05) is 79.1 Å². The second-order valence-electron chi connectivity index (χ2n) is 25.9. The van der Waals surface area contributed by atoms with Gasteiger partial charge in [-0.05, 0) is 0 Å². The number of hydrogen-bond acceptors (Lipinski definition) is 38. The molecule has 49 heteroatoms. The molecule has 676 valence electrons. The lowest BCUT2D eigenvalue weighted by Crippen LogP contribution is -2.64. The van der Waals surface area contributed by atoms with Crippen LogP contribution in [-0.4, -0.2) is 427 Å². The fraction of sp³-hybridized carbons (Fsp3) is 0.881. The lowest BCUT2D eigenvalue weighted by atomic mass is 9.97. The summed E-state index contributed by atoms with van der Waals surface area (Å²) >= 11 is 1.27. The van der Waals surface area contributed by atoms with Gasteiger partial charge in [-0.25, -0.2) is 7.42 Å². The third-order valence-electron chi connectivity index (χ3n) is 16.5. The number of nitrogens with one attached hydrogen (secondary N) is 8. The van der Waals surface area contributed by atoms with E-state index in [-0.39, 0.29) is 236 Å². The summed E-state index contributed by atoms with van der Waals surface area (Å²) in [5.41, 5.74) is -1.56. The first-order valence-corrected chi connectivity index (χ1v) is 40.2. The van der Waals surface area contributed by atoms with Gasteiger partial charge in [-0.2, -0.15) is 0 Å². The Balaban J connectivity index is 1.57. The molecule has 16 atom stereocenters. The van der Waals surface area contributed by atoms with Gasteiger partial charge in [0.15, 0.2) is 18.9 Å². The number of rotatable bonds is 69. The second kappa shape index (κ2) is 63.5. The lowest BCUT2D eigenvalue weighted by Gasteiger charge is -2.42. The Morgan fingerprint density at radius 1 is 0.345 bits per heavy atom. The van der Waals surface area contributed by atoms with Gasteiger partial charge >= 0.3 is 7.82 Å². The van der Waals surface area contributed by atoms with E-state index in [2.05, 4.69) is 49.9 Å². The zero-order chi connectivity index (χ0) is 85.4. The summed E-state index contributed by atoms with van der Waals surface area (Å²) in [6.45, 7) is 1.76. The molecule has 3 heterocycles. The molecule has 3 aliphatic heterocycles. The Bertz CT molecular complexity index is 2560. The van der Waals surface area contributed by atoms with Crippen LogP contribution in [0.3, 0.4) is 0 Å². The van der Waals surface area contributed by atoms with E-state index in [1.807, 2.05) is 0 Å². The van der Waals surface area contributed by atoms with Crippen LogP contribution in [0, 0.1) is 0 Å². The average Bonchev–Trinajstić information content (AvgIpc) is 0.819. The Morgan fingerprint density at radius 3 is 0.853 bits per heavy atom. The first-order valence-electron chi connectivity index (χ1n) is 37.8. The second-order valence-corrected chi connectivity index (χ2v) is 28.4. The molecule has 3 rings (SSSR count). The van der Waals surface area contributed by atoms with Gasteiger partial charge in [0.05, 0.1) is 205 Å². The van der Waals surface area contributed by atoms with E-state index in [0.717, 1.165) is 0 Å². The molecular formula is C67H122IN8O39P. The van der Waals surface area contributed by atoms with Gasteiger partial charge in [-0.3, -0.25) is 42.9 Å². The first kappa shape index (κ1) is 106. The van der Waals surface area contributed by atoms with Crippen LogP contribution in [0.5, 0.6) is 0 Å². The van der Waals surface area contributed by atoms with Crippen molar-refractivity contribution < 1.29 is 186 Å². The number of halogens is 1. The van der Waals surface area contributed by atoms with Crippen molar-refractivity contribution in [3.05, 3.63) is 0 Å². The smallest absolute Gasteiger partial charge is 0.394 e. The van der Waals surface area contributed by atoms with Crippen LogP contribution in [0.4, 0.5) is 0 Å². The molecule has 0 bridgehead atoms. The molecule has 0 aromatic rings. The minimum absolute atomic E-state index is 0.00973. The monoisotopic (exact) mass is 1820 g/mol. The van der Waals surface area contributed by atoms with E-state index >= 15 is 0 Å². The molecule has 3 fully saturated rings. The van der Waals surface area contributed by atoms with Crippen molar-refractivity contribution in [1.29, 1.82) is 0 Å². The van der Waals surface area contributed by atoms with Gasteiger partial charge < -0.3 is 179 Å². The molecule has 0 saturated carbocycles. The van der Waals surface area contributed by atoms with Gasteiger partial charge in [0.25, 0.3) is 0 Å². The van der Waals surface area contributed by atoms with E-state index in [1.54, 1.807) is 0 Å². The van der Waals surface area contributed by atoms with Crippen molar-refractivity contribution >= 4 is 78.1 Å². The number of phosphoric ester groups is 1. The fourth-order valence-corrected chi connectivity index (χ4v) is 11.4. The van der Waals surface area contributed by atoms with Crippen molar-refractivity contribution in [3.8, 4) is 0 Å². The van der Waals surface area contributed by atoms with Crippen molar-refractivity contribution in [2.45, 2.75) is 150 Å². The molecule has 0 spiro atoms. The quantitative estimate of drug-likeness (QED) is 0.0153. The van der Waals surface area contributed by atoms with Gasteiger partial charge in [0.2, 0.25) is 47.3 Å². The van der Waals surface area contributed by atoms with Crippen LogP contribution in [0.1, 0.15) is 52.9 Å². The Morgan fingerprint density at radius 2 is 0.586 bits per heavy atom. The molecule has 1 unspecified atom stereocenters. The third kappa shape index (κ3) is 46.5. The molecular weight excluding hydrogens is 1700 g/mol. The molecule has 0 aliphatic carbocycles. The van der Waals surface area contributed by atoms with Crippen molar-refractivity contribution in [1.82, 2.24) is 42.5 Å². The average molecular weight is 1820 g/mol. The molecule has 3 aliphatic rings. The molecule has 0 aromatic heterocycles. The summed E-state index contributed by atoms with van der Waals surface area (Å²) in [6, 6.07) is -3.48. The van der Waals surface area contributed by atoms with Crippen molar-refractivity contribution in [2.75, 3.05) is 231 Å². The van der Waals surface area contributed by atoms with Gasteiger partial charge in [-0.1, -0.05) is 0 Å². The SMILES string of the molecule is CC(=O)N[C@H]1[C@H](OCCOCCNC(=O)CCOCC(COCCC(=O)NCCOCCO[C@@H]2O[C@H](CO)[C@H](O)[C@H](O)[C@H]2NC(C)=O)(COCCC(=O)NCCOCCO[C@@H]2O[C@H](CO)[C@H](O)[C@H](O)[C@H]2NC(C)=O)NC(=O)CCOCCOCCNC(=O)CCOCCOCCOCCOCCOP(=O)(O)OI)O[C@H](CO)[C@H](O)[C@@H]1O. The van der Waals surface area contributed by atoms with Crippen LogP contribution in [-0.2, 0) is 136 Å². The lowest BCUT2D eigenvalue weighted by molar-refractivity contribution is -0.272. The summed E-state index contributed by atoms with van der Waals surface area (Å²) in [5, 5.41) is 112. The minimum Gasteiger partial charge on any atom is -0.394 e. The molecule has 3 saturated heterocycles. The van der Waals surface area contributed by atoms with Crippen LogP contribution >= 0.6 is 30.8 Å². The highest BCUT2D eigenvalue weighted by Crippen LogP contribution is 2.45. The highest BCUT2D eigenvalue weighted by molar-refractivity contribution is 14.1. The Labute approximate surface area is 685 Å². The molecule has 18 N–H and O–H groups in total. The third-order valence-corrected chi connectivity index (χ3v) is 18.7. The summed E-state index contributed by atoms with van der Waals surface area (Å²) < 4.78 is 121. The molecule has 116 heavy (non-hydrogen) atoms. The van der Waals surface area contributed by atoms with Crippen molar-refractivity contribution in [2.24, 2.45) is 0 Å². The summed E-state index contributed by atoms with van der Waals surface area (Å²) in [6.07, 6.45) is -17.1. The zero-order valence-electron chi connectivity index (χ0n) is 65.6. The predicted octanol–water partition coefficient (Wildman–Crippen LogP) is -9.18. The molecule has 47 nitrogen and oxygen atoms in total. The number of phosphoric acid groups is 1. The van der Waals surface area contributed by atoms with E-state index < -0.39 is 166 Å². The fourth-order valence-electron chi connectivity index (χ4n) is 10.8. The van der Waals surface area contributed by atoms with Crippen LogP contribution in [0.15, 0.2) is 0 Å². The predicted molar refractivity (Wildman–Crippen MR) is 401 cm³/mol.